The van der Waals surface area contributed by atoms with Gasteiger partial charge in [0.2, 0.25) is 0 Å². The van der Waals surface area contributed by atoms with Gasteiger partial charge in [-0.05, 0) is 68.6 Å². The second-order valence-electron chi connectivity index (χ2n) is 8.10. The van der Waals surface area contributed by atoms with Crippen LogP contribution in [0.4, 0.5) is 0 Å². The van der Waals surface area contributed by atoms with E-state index < -0.39 is 5.97 Å². The monoisotopic (exact) mass is 348 g/mol. The van der Waals surface area contributed by atoms with Crippen LogP contribution in [0, 0.1) is 23.7 Å². The van der Waals surface area contributed by atoms with E-state index in [9.17, 15) is 9.90 Å². The van der Waals surface area contributed by atoms with Gasteiger partial charge in [0.05, 0.1) is 6.10 Å². The minimum absolute atomic E-state index is 0.263. The minimum Gasteiger partial charge on any atom is -0.481 e. The van der Waals surface area contributed by atoms with Crippen molar-refractivity contribution < 1.29 is 15.0 Å². The number of carboxylic acids is 1. The molecule has 3 fully saturated rings. The van der Waals surface area contributed by atoms with Gasteiger partial charge < -0.3 is 10.2 Å². The molecule has 0 aromatic carbocycles. The SMILES string of the molecule is CCCCC[C@H](O)C=CC1CC2CC(C2)[C@@H]1CC=CCCCC(=O)O. The molecule has 3 aliphatic carbocycles. The molecule has 0 radical (unpaired) electrons. The summed E-state index contributed by atoms with van der Waals surface area (Å²) < 4.78 is 0. The first kappa shape index (κ1) is 20.2. The lowest BCUT2D eigenvalue weighted by Crippen LogP contribution is -2.41. The van der Waals surface area contributed by atoms with Crippen LogP contribution in [0.3, 0.4) is 0 Å². The van der Waals surface area contributed by atoms with Crippen LogP contribution in [0.5, 0.6) is 0 Å². The van der Waals surface area contributed by atoms with Crippen molar-refractivity contribution in [2.45, 2.75) is 83.7 Å². The molecule has 0 spiro atoms. The topological polar surface area (TPSA) is 57.5 Å². The highest BCUT2D eigenvalue weighted by atomic mass is 16.4. The Morgan fingerprint density at radius 1 is 1.16 bits per heavy atom. The zero-order valence-corrected chi connectivity index (χ0v) is 15.8. The number of allylic oxidation sites excluding steroid dienone is 3. The van der Waals surface area contributed by atoms with Crippen LogP contribution in [-0.2, 0) is 4.79 Å². The molecule has 3 nitrogen and oxygen atoms in total. The van der Waals surface area contributed by atoms with E-state index in [1.165, 1.54) is 32.1 Å². The number of rotatable bonds is 12. The summed E-state index contributed by atoms with van der Waals surface area (Å²) in [6.07, 6.45) is 19.9. The number of hydrogen-bond acceptors (Lipinski definition) is 2. The molecule has 0 aliphatic heterocycles. The minimum atomic E-state index is -0.705. The lowest BCUT2D eigenvalue weighted by molar-refractivity contribution is -0.137. The molecule has 3 heteroatoms. The van der Waals surface area contributed by atoms with Crippen LogP contribution in [-0.4, -0.2) is 22.3 Å². The smallest absolute Gasteiger partial charge is 0.303 e. The molecule has 2 bridgehead atoms. The second-order valence-corrected chi connectivity index (χ2v) is 8.10. The quantitative estimate of drug-likeness (QED) is 0.369. The van der Waals surface area contributed by atoms with E-state index in [4.69, 9.17) is 5.11 Å². The Kier molecular flexibility index (Phi) is 8.74. The number of aliphatic carboxylic acids is 1. The summed E-state index contributed by atoms with van der Waals surface area (Å²) in [4.78, 5) is 10.5. The summed E-state index contributed by atoms with van der Waals surface area (Å²) >= 11 is 0. The van der Waals surface area contributed by atoms with E-state index >= 15 is 0 Å². The third kappa shape index (κ3) is 6.97. The van der Waals surface area contributed by atoms with E-state index in [0.717, 1.165) is 43.9 Å². The van der Waals surface area contributed by atoms with Crippen LogP contribution < -0.4 is 0 Å². The fourth-order valence-electron chi connectivity index (χ4n) is 4.54. The molecule has 3 atom stereocenters. The standard InChI is InChI=1S/C22H36O3/c1-2-3-6-9-20(23)13-12-18-14-17-15-19(16-17)21(18)10-7-4-5-8-11-22(24)25/h4,7,12-13,17-21,23H,2-3,5-6,8-11,14-16H2,1H3,(H,24,25)/t17?,18?,19?,20-,21+/m0/s1. The van der Waals surface area contributed by atoms with Crippen molar-refractivity contribution in [1.29, 1.82) is 0 Å². The molecule has 0 amide bonds. The number of hydrogen-bond donors (Lipinski definition) is 2. The molecule has 3 rings (SSSR count). The van der Waals surface area contributed by atoms with Crippen LogP contribution >= 0.6 is 0 Å². The summed E-state index contributed by atoms with van der Waals surface area (Å²) in [6, 6.07) is 0. The highest BCUT2D eigenvalue weighted by Gasteiger charge is 2.43. The highest BCUT2D eigenvalue weighted by molar-refractivity contribution is 5.66. The molecule has 0 aromatic heterocycles. The highest BCUT2D eigenvalue weighted by Crippen LogP contribution is 2.53. The Bertz CT molecular complexity index is 448. The van der Waals surface area contributed by atoms with Gasteiger partial charge in [-0.1, -0.05) is 50.5 Å². The van der Waals surface area contributed by atoms with Crippen molar-refractivity contribution >= 4 is 5.97 Å². The lowest BCUT2D eigenvalue weighted by atomic mass is 9.55. The van der Waals surface area contributed by atoms with Gasteiger partial charge in [0, 0.05) is 6.42 Å². The molecule has 2 N–H and O–H groups in total. The van der Waals surface area contributed by atoms with E-state index in [1.807, 2.05) is 0 Å². The molecule has 0 aromatic rings. The Labute approximate surface area is 153 Å². The largest absolute Gasteiger partial charge is 0.481 e. The molecular weight excluding hydrogens is 312 g/mol. The Hall–Kier alpha value is -1.09. The van der Waals surface area contributed by atoms with Crippen molar-refractivity contribution in [3.05, 3.63) is 24.3 Å². The number of fused-ring (bicyclic) bond motifs is 2. The van der Waals surface area contributed by atoms with Crippen molar-refractivity contribution in [3.8, 4) is 0 Å². The molecule has 1 unspecified atom stereocenters. The number of carboxylic acid groups (broad SMARTS) is 1. The molecule has 25 heavy (non-hydrogen) atoms. The van der Waals surface area contributed by atoms with Crippen molar-refractivity contribution in [2.75, 3.05) is 0 Å². The first-order valence-corrected chi connectivity index (χ1v) is 10.3. The molecule has 3 aliphatic rings. The van der Waals surface area contributed by atoms with Gasteiger partial charge in [-0.2, -0.15) is 0 Å². The van der Waals surface area contributed by atoms with Crippen molar-refractivity contribution in [3.63, 3.8) is 0 Å². The third-order valence-corrected chi connectivity index (χ3v) is 6.05. The third-order valence-electron chi connectivity index (χ3n) is 6.05. The zero-order valence-electron chi connectivity index (χ0n) is 15.8. The van der Waals surface area contributed by atoms with Crippen molar-refractivity contribution in [1.82, 2.24) is 0 Å². The molecule has 0 heterocycles. The van der Waals surface area contributed by atoms with Crippen molar-refractivity contribution in [2.24, 2.45) is 23.7 Å². The van der Waals surface area contributed by atoms with Crippen LogP contribution in [0.1, 0.15) is 77.6 Å². The average Bonchev–Trinajstić information content (AvgIpc) is 2.55. The molecule has 142 valence electrons. The zero-order chi connectivity index (χ0) is 18.1. The number of unbranched alkanes of at least 4 members (excludes halogenated alkanes) is 3. The molecule has 3 saturated carbocycles. The number of carbonyl (C=O) groups is 1. The maximum Gasteiger partial charge on any atom is 0.303 e. The first-order chi connectivity index (χ1) is 12.1. The summed E-state index contributed by atoms with van der Waals surface area (Å²) in [5.74, 6) is 2.38. The molecular formula is C22H36O3. The Morgan fingerprint density at radius 2 is 1.96 bits per heavy atom. The predicted molar refractivity (Wildman–Crippen MR) is 102 cm³/mol. The van der Waals surface area contributed by atoms with Crippen LogP contribution in [0.2, 0.25) is 0 Å². The fourth-order valence-corrected chi connectivity index (χ4v) is 4.54. The van der Waals surface area contributed by atoms with E-state index in [2.05, 4.69) is 31.2 Å². The van der Waals surface area contributed by atoms with Gasteiger partial charge in [0.25, 0.3) is 0 Å². The second kappa shape index (κ2) is 10.8. The maximum absolute atomic E-state index is 10.5. The number of aliphatic hydroxyl groups excluding tert-OH is 1. The molecule has 0 saturated heterocycles. The first-order valence-electron chi connectivity index (χ1n) is 10.3. The van der Waals surface area contributed by atoms with Gasteiger partial charge in [0.15, 0.2) is 0 Å². The van der Waals surface area contributed by atoms with Crippen LogP contribution in [0.15, 0.2) is 24.3 Å². The number of aliphatic hydroxyl groups is 1. The van der Waals surface area contributed by atoms with Gasteiger partial charge in [-0.25, -0.2) is 0 Å². The Balaban J connectivity index is 1.76. The summed E-state index contributed by atoms with van der Waals surface area (Å²) in [5.41, 5.74) is 0. The van der Waals surface area contributed by atoms with E-state index in [0.29, 0.717) is 11.8 Å². The van der Waals surface area contributed by atoms with Gasteiger partial charge in [-0.15, -0.1) is 0 Å². The van der Waals surface area contributed by atoms with Gasteiger partial charge in [0.1, 0.15) is 0 Å². The van der Waals surface area contributed by atoms with Gasteiger partial charge in [-0.3, -0.25) is 4.79 Å². The van der Waals surface area contributed by atoms with E-state index in [1.54, 1.807) is 0 Å². The summed E-state index contributed by atoms with van der Waals surface area (Å²) in [5, 5.41) is 18.8. The summed E-state index contributed by atoms with van der Waals surface area (Å²) in [6.45, 7) is 2.19. The van der Waals surface area contributed by atoms with E-state index in [-0.39, 0.29) is 12.5 Å². The summed E-state index contributed by atoms with van der Waals surface area (Å²) in [7, 11) is 0. The maximum atomic E-state index is 10.5. The fraction of sp³-hybridized carbons (Fsp3) is 0.773. The predicted octanol–water partition coefficient (Wildman–Crippen LogP) is 5.35. The lowest BCUT2D eigenvalue weighted by Gasteiger charge is -2.50. The normalized spacial score (nSPS) is 29.8. The van der Waals surface area contributed by atoms with Gasteiger partial charge >= 0.3 is 5.97 Å². The Morgan fingerprint density at radius 3 is 2.68 bits per heavy atom. The average molecular weight is 349 g/mol. The van der Waals surface area contributed by atoms with Crippen LogP contribution in [0.25, 0.3) is 0 Å².